The van der Waals surface area contributed by atoms with Crippen LogP contribution in [0.4, 0.5) is 29.8 Å². The smallest absolute Gasteiger partial charge is 0.369 e. The van der Waals surface area contributed by atoms with Crippen LogP contribution < -0.4 is 16.3 Å². The monoisotopic (exact) mass is 562 g/mol. The highest BCUT2D eigenvalue weighted by Gasteiger charge is 2.31. The summed E-state index contributed by atoms with van der Waals surface area (Å²) in [4.78, 5) is 34.5. The lowest BCUT2D eigenvalue weighted by Gasteiger charge is -2.19. The number of aryl methyl sites for hydroxylation is 2. The quantitative estimate of drug-likeness (QED) is 0.302. The largest absolute Gasteiger partial charge is 0.416 e. The van der Waals surface area contributed by atoms with Gasteiger partial charge in [-0.2, -0.15) is 23.1 Å². The zero-order chi connectivity index (χ0) is 28.0. The van der Waals surface area contributed by atoms with Crippen molar-refractivity contribution in [3.8, 4) is 22.5 Å². The normalized spacial score (nSPS) is 13.4. The maximum atomic E-state index is 13.1. The number of anilines is 2. The van der Waals surface area contributed by atoms with Gasteiger partial charge in [0.25, 0.3) is 11.5 Å². The highest BCUT2D eigenvalue weighted by atomic mass is 32.1. The Morgan fingerprint density at radius 3 is 2.73 bits per heavy atom. The minimum absolute atomic E-state index is 0.320. The van der Waals surface area contributed by atoms with Crippen molar-refractivity contribution in [2.45, 2.75) is 26.6 Å². The van der Waals surface area contributed by atoms with E-state index in [9.17, 15) is 18.0 Å². The number of nitrogens with one attached hydrogen (secondary N) is 2. The van der Waals surface area contributed by atoms with Crippen LogP contribution in [0.15, 0.2) is 59.2 Å². The number of benzene rings is 1. The predicted molar refractivity (Wildman–Crippen MR) is 145 cm³/mol. The lowest BCUT2D eigenvalue weighted by molar-refractivity contribution is -0.137. The molecule has 3 aliphatic rings. The first-order chi connectivity index (χ1) is 19.2. The molecule has 0 radical (unpaired) electrons. The van der Waals surface area contributed by atoms with Gasteiger partial charge in [-0.25, -0.2) is 9.97 Å². The minimum atomic E-state index is -4.57. The number of rotatable bonds is 4. The van der Waals surface area contributed by atoms with Crippen molar-refractivity contribution in [3.05, 3.63) is 82.3 Å². The second-order valence-corrected chi connectivity index (χ2v) is 10.1. The summed E-state index contributed by atoms with van der Waals surface area (Å²) in [7, 11) is 0. The highest BCUT2D eigenvalue weighted by molar-refractivity contribution is 7.13. The molecule has 0 unspecified atom stereocenters. The molecule has 0 saturated heterocycles. The Labute approximate surface area is 229 Å². The molecule has 1 amide bonds. The van der Waals surface area contributed by atoms with E-state index in [1.54, 1.807) is 18.3 Å². The third-order valence-electron chi connectivity index (χ3n) is 6.40. The zero-order valence-electron chi connectivity index (χ0n) is 21.2. The van der Waals surface area contributed by atoms with Crippen molar-refractivity contribution >= 4 is 33.9 Å². The van der Waals surface area contributed by atoms with E-state index >= 15 is 0 Å². The summed E-state index contributed by atoms with van der Waals surface area (Å²) in [5.41, 5.74) is 3.82. The SMILES string of the molecule is Cc1csc(/N=c2/ncc3cc(-c4cc(NC(=O)c5cc(C(F)(F)F)ccn5)ccc4C)c4n(c-3n2)CCN4)n1. The fourth-order valence-electron chi connectivity index (χ4n) is 4.51. The van der Waals surface area contributed by atoms with E-state index in [0.29, 0.717) is 29.5 Å². The molecule has 40 heavy (non-hydrogen) atoms. The number of fused-ring (bicyclic) bond motifs is 3. The van der Waals surface area contributed by atoms with Crippen LogP contribution in [0.25, 0.3) is 22.5 Å². The van der Waals surface area contributed by atoms with Gasteiger partial charge in [0.2, 0.25) is 5.13 Å². The molecule has 0 aliphatic carbocycles. The summed E-state index contributed by atoms with van der Waals surface area (Å²) in [6, 6.07) is 8.86. The summed E-state index contributed by atoms with van der Waals surface area (Å²) in [5, 5.41) is 8.60. The molecule has 202 valence electrons. The molecule has 0 saturated carbocycles. The molecule has 0 atom stereocenters. The van der Waals surface area contributed by atoms with E-state index in [1.165, 1.54) is 11.3 Å². The third-order valence-corrected chi connectivity index (χ3v) is 7.25. The number of pyridine rings is 2. The van der Waals surface area contributed by atoms with Crippen LogP contribution in [0.1, 0.15) is 27.3 Å². The Balaban J connectivity index is 1.37. The molecular weight excluding hydrogens is 541 g/mol. The Hall–Kier alpha value is -4.65. The lowest BCUT2D eigenvalue weighted by Crippen LogP contribution is -2.17. The topological polar surface area (TPSA) is 110 Å². The maximum absolute atomic E-state index is 13.1. The number of hydrogen-bond donors (Lipinski definition) is 2. The van der Waals surface area contributed by atoms with Gasteiger partial charge in [0.05, 0.1) is 11.3 Å². The van der Waals surface area contributed by atoms with Crippen molar-refractivity contribution in [3.63, 3.8) is 0 Å². The van der Waals surface area contributed by atoms with Gasteiger partial charge in [0, 0.05) is 47.7 Å². The van der Waals surface area contributed by atoms with Crippen molar-refractivity contribution in [2.75, 3.05) is 17.2 Å². The van der Waals surface area contributed by atoms with Gasteiger partial charge in [-0.1, -0.05) is 6.07 Å². The van der Waals surface area contributed by atoms with E-state index < -0.39 is 17.6 Å². The first-order valence-corrected chi connectivity index (χ1v) is 13.1. The number of carbonyl (C=O) groups excluding carboxylic acids is 1. The number of carbonyl (C=O) groups is 1. The van der Waals surface area contributed by atoms with Crippen molar-refractivity contribution in [1.29, 1.82) is 0 Å². The standard InChI is InChI=1S/C27H21F3N8OS/c1-14-3-4-18(35-24(39)21-10-17(5-6-31-21)27(28,29)30)11-19(14)20-9-16-12-33-25(37-26-34-15(2)13-40-26)36-22(16)38-8-7-32-23(20)38/h3-6,9-13,32H,7-8H2,1-2H3,(H,35,39)/b37-25-. The summed E-state index contributed by atoms with van der Waals surface area (Å²) >= 11 is 1.42. The molecule has 2 aromatic heterocycles. The van der Waals surface area contributed by atoms with Gasteiger partial charge in [-0.05, 0) is 55.3 Å². The Bertz CT molecular complexity index is 1810. The molecule has 0 bridgehead atoms. The van der Waals surface area contributed by atoms with Gasteiger partial charge >= 0.3 is 6.18 Å². The number of hydrogen-bond acceptors (Lipinski definition) is 8. The molecule has 6 rings (SSSR count). The van der Waals surface area contributed by atoms with E-state index in [2.05, 4.69) is 35.1 Å². The van der Waals surface area contributed by atoms with Gasteiger partial charge in [0.15, 0.2) is 0 Å². The van der Waals surface area contributed by atoms with Gasteiger partial charge in [-0.15, -0.1) is 11.3 Å². The average molecular weight is 563 g/mol. The van der Waals surface area contributed by atoms with Crippen LogP contribution in [0.2, 0.25) is 0 Å². The number of alkyl halides is 3. The van der Waals surface area contributed by atoms with Gasteiger partial charge in [0.1, 0.15) is 17.3 Å². The Morgan fingerprint density at radius 2 is 1.95 bits per heavy atom. The van der Waals surface area contributed by atoms with Crippen LogP contribution in [-0.4, -0.2) is 37.0 Å². The molecule has 5 heterocycles. The fraction of sp³-hybridized carbons (Fsp3) is 0.185. The molecule has 3 aliphatic heterocycles. The molecule has 9 nitrogen and oxygen atoms in total. The van der Waals surface area contributed by atoms with Crippen LogP contribution in [0.3, 0.4) is 0 Å². The third kappa shape index (κ3) is 4.91. The zero-order valence-corrected chi connectivity index (χ0v) is 22.1. The molecule has 3 aromatic rings. The first kappa shape index (κ1) is 25.6. The molecule has 2 N–H and O–H groups in total. The van der Waals surface area contributed by atoms with Crippen LogP contribution in [0, 0.1) is 13.8 Å². The van der Waals surface area contributed by atoms with E-state index in [1.807, 2.05) is 31.4 Å². The number of aromatic nitrogens is 5. The lowest BCUT2D eigenvalue weighted by atomic mass is 9.98. The number of thiazole rings is 1. The second-order valence-electron chi connectivity index (χ2n) is 9.23. The molecular formula is C27H21F3N8OS. The molecule has 0 fully saturated rings. The second kappa shape index (κ2) is 9.83. The van der Waals surface area contributed by atoms with E-state index in [4.69, 9.17) is 4.98 Å². The van der Waals surface area contributed by atoms with Crippen molar-refractivity contribution < 1.29 is 18.0 Å². The summed E-state index contributed by atoms with van der Waals surface area (Å²) in [6.07, 6.45) is -1.89. The van der Waals surface area contributed by atoms with Crippen LogP contribution in [0.5, 0.6) is 0 Å². The van der Waals surface area contributed by atoms with E-state index in [0.717, 1.165) is 57.9 Å². The molecule has 13 heteroatoms. The fourth-order valence-corrected chi connectivity index (χ4v) is 5.17. The average Bonchev–Trinajstić information content (AvgIpc) is 3.58. The summed E-state index contributed by atoms with van der Waals surface area (Å²) in [6.45, 7) is 5.23. The number of halogens is 3. The van der Waals surface area contributed by atoms with Crippen LogP contribution >= 0.6 is 11.3 Å². The van der Waals surface area contributed by atoms with Crippen molar-refractivity contribution in [2.24, 2.45) is 4.99 Å². The van der Waals surface area contributed by atoms with E-state index in [-0.39, 0.29) is 5.69 Å². The summed E-state index contributed by atoms with van der Waals surface area (Å²) in [5.74, 6) is 0.842. The number of nitrogens with zero attached hydrogens (tertiary/aromatic N) is 6. The van der Waals surface area contributed by atoms with Crippen molar-refractivity contribution in [1.82, 2.24) is 24.5 Å². The van der Waals surface area contributed by atoms with Gasteiger partial charge in [-0.3, -0.25) is 9.78 Å². The minimum Gasteiger partial charge on any atom is -0.369 e. The number of amides is 1. The first-order valence-electron chi connectivity index (χ1n) is 12.2. The van der Waals surface area contributed by atoms with Gasteiger partial charge < -0.3 is 15.2 Å². The Kier molecular flexibility index (Phi) is 6.29. The molecule has 1 aromatic carbocycles. The van der Waals surface area contributed by atoms with Crippen LogP contribution in [-0.2, 0) is 12.7 Å². The Morgan fingerprint density at radius 1 is 1.10 bits per heavy atom. The summed E-state index contributed by atoms with van der Waals surface area (Å²) < 4.78 is 41.4. The predicted octanol–water partition coefficient (Wildman–Crippen LogP) is 5.45. The highest BCUT2D eigenvalue weighted by Crippen LogP contribution is 2.39. The molecule has 0 spiro atoms. The maximum Gasteiger partial charge on any atom is 0.416 e.